The molecule has 0 atom stereocenters. The second-order valence-electron chi connectivity index (χ2n) is 3.83. The van der Waals surface area contributed by atoms with Crippen LogP contribution in [-0.4, -0.2) is 20.7 Å². The Balaban J connectivity index is 2.05. The molecular formula is C12H11ClN4O2. The van der Waals surface area contributed by atoms with Crippen LogP contribution in [0.4, 0.5) is 0 Å². The van der Waals surface area contributed by atoms with Crippen molar-refractivity contribution in [1.29, 1.82) is 0 Å². The van der Waals surface area contributed by atoms with Gasteiger partial charge >= 0.3 is 0 Å². The lowest BCUT2D eigenvalue weighted by molar-refractivity contribution is 0.0943. The Bertz CT molecular complexity index is 669. The summed E-state index contributed by atoms with van der Waals surface area (Å²) in [6, 6.07) is 5.99. The SMILES string of the molecule is Cn1nc(C(=O)NCc2cc(Cl)ccn2)ccc1=O. The Hall–Kier alpha value is -2.21. The van der Waals surface area contributed by atoms with Gasteiger partial charge in [-0.1, -0.05) is 11.6 Å². The van der Waals surface area contributed by atoms with Crippen LogP contribution in [0.15, 0.2) is 35.3 Å². The zero-order chi connectivity index (χ0) is 13.8. The smallest absolute Gasteiger partial charge is 0.272 e. The lowest BCUT2D eigenvalue weighted by Gasteiger charge is -2.05. The van der Waals surface area contributed by atoms with Crippen molar-refractivity contribution in [3.05, 3.63) is 57.2 Å². The van der Waals surface area contributed by atoms with Crippen LogP contribution in [-0.2, 0) is 13.6 Å². The van der Waals surface area contributed by atoms with Gasteiger partial charge in [-0.05, 0) is 18.2 Å². The van der Waals surface area contributed by atoms with E-state index in [0.717, 1.165) is 4.68 Å². The van der Waals surface area contributed by atoms with E-state index in [1.807, 2.05) is 0 Å². The molecule has 6 nitrogen and oxygen atoms in total. The largest absolute Gasteiger partial charge is 0.345 e. The number of hydrogen-bond donors (Lipinski definition) is 1. The van der Waals surface area contributed by atoms with Crippen LogP contribution < -0.4 is 10.9 Å². The molecule has 7 heteroatoms. The predicted molar refractivity (Wildman–Crippen MR) is 69.9 cm³/mol. The Morgan fingerprint density at radius 1 is 1.42 bits per heavy atom. The number of halogens is 1. The first kappa shape index (κ1) is 13.2. The Kier molecular flexibility index (Phi) is 3.91. The van der Waals surface area contributed by atoms with Gasteiger partial charge < -0.3 is 5.32 Å². The number of nitrogens with zero attached hydrogens (tertiary/aromatic N) is 3. The van der Waals surface area contributed by atoms with E-state index < -0.39 is 0 Å². The van der Waals surface area contributed by atoms with Crippen LogP contribution in [0.5, 0.6) is 0 Å². The quantitative estimate of drug-likeness (QED) is 0.899. The first-order chi connectivity index (χ1) is 9.06. The van der Waals surface area contributed by atoms with Crippen LogP contribution in [0, 0.1) is 0 Å². The maximum atomic E-state index is 11.8. The number of rotatable bonds is 3. The van der Waals surface area contributed by atoms with Gasteiger partial charge in [-0.25, -0.2) is 4.68 Å². The molecule has 0 radical (unpaired) electrons. The number of amides is 1. The van der Waals surface area contributed by atoms with Crippen molar-refractivity contribution >= 4 is 17.5 Å². The van der Waals surface area contributed by atoms with Crippen LogP contribution in [0.25, 0.3) is 0 Å². The van der Waals surface area contributed by atoms with E-state index in [1.54, 1.807) is 18.3 Å². The second-order valence-corrected chi connectivity index (χ2v) is 4.26. The molecule has 0 saturated heterocycles. The van der Waals surface area contributed by atoms with Crippen molar-refractivity contribution < 1.29 is 4.79 Å². The van der Waals surface area contributed by atoms with E-state index in [2.05, 4.69) is 15.4 Å². The molecule has 0 aliphatic heterocycles. The van der Waals surface area contributed by atoms with Crippen molar-refractivity contribution in [3.63, 3.8) is 0 Å². The van der Waals surface area contributed by atoms with E-state index in [1.165, 1.54) is 19.2 Å². The molecule has 2 aromatic heterocycles. The maximum absolute atomic E-state index is 11.8. The summed E-state index contributed by atoms with van der Waals surface area (Å²) in [6.07, 6.45) is 1.56. The average Bonchev–Trinajstić information content (AvgIpc) is 2.39. The molecule has 0 spiro atoms. The summed E-state index contributed by atoms with van der Waals surface area (Å²) in [5.74, 6) is -0.377. The minimum absolute atomic E-state index is 0.170. The van der Waals surface area contributed by atoms with Gasteiger partial charge in [0, 0.05) is 24.3 Å². The molecule has 0 unspecified atom stereocenters. The van der Waals surface area contributed by atoms with Crippen molar-refractivity contribution in [1.82, 2.24) is 20.1 Å². The normalized spacial score (nSPS) is 10.2. The summed E-state index contributed by atoms with van der Waals surface area (Å²) in [4.78, 5) is 27.0. The first-order valence-electron chi connectivity index (χ1n) is 5.49. The van der Waals surface area contributed by atoms with Gasteiger partial charge in [-0.2, -0.15) is 5.10 Å². The maximum Gasteiger partial charge on any atom is 0.272 e. The van der Waals surface area contributed by atoms with E-state index in [4.69, 9.17) is 11.6 Å². The van der Waals surface area contributed by atoms with Crippen LogP contribution in [0.1, 0.15) is 16.2 Å². The van der Waals surface area contributed by atoms with Gasteiger partial charge in [0.1, 0.15) is 5.69 Å². The van der Waals surface area contributed by atoms with Gasteiger partial charge in [-0.3, -0.25) is 14.6 Å². The third-order valence-electron chi connectivity index (χ3n) is 2.40. The summed E-state index contributed by atoms with van der Waals surface area (Å²) in [7, 11) is 1.48. The fourth-order valence-corrected chi connectivity index (χ4v) is 1.61. The first-order valence-corrected chi connectivity index (χ1v) is 5.87. The van der Waals surface area contributed by atoms with E-state index in [9.17, 15) is 9.59 Å². The van der Waals surface area contributed by atoms with Gasteiger partial charge in [-0.15, -0.1) is 0 Å². The summed E-state index contributed by atoms with van der Waals surface area (Å²) < 4.78 is 1.10. The number of pyridine rings is 1. The Morgan fingerprint density at radius 3 is 2.89 bits per heavy atom. The summed E-state index contributed by atoms with van der Waals surface area (Å²) in [5, 5.41) is 7.05. The van der Waals surface area contributed by atoms with Gasteiger partial charge in [0.05, 0.1) is 12.2 Å². The number of aromatic nitrogens is 3. The average molecular weight is 279 g/mol. The monoisotopic (exact) mass is 278 g/mol. The zero-order valence-corrected chi connectivity index (χ0v) is 10.9. The van der Waals surface area contributed by atoms with E-state index in [0.29, 0.717) is 10.7 Å². The van der Waals surface area contributed by atoms with E-state index in [-0.39, 0.29) is 23.7 Å². The third kappa shape index (κ3) is 3.38. The zero-order valence-electron chi connectivity index (χ0n) is 10.1. The van der Waals surface area contributed by atoms with Crippen molar-refractivity contribution in [2.75, 3.05) is 0 Å². The second kappa shape index (κ2) is 5.62. The van der Waals surface area contributed by atoms with Crippen molar-refractivity contribution in [3.8, 4) is 0 Å². The molecule has 1 amide bonds. The minimum Gasteiger partial charge on any atom is -0.345 e. The molecule has 0 saturated carbocycles. The molecule has 0 bridgehead atoms. The van der Waals surface area contributed by atoms with Crippen LogP contribution in [0.3, 0.4) is 0 Å². The number of hydrogen-bond acceptors (Lipinski definition) is 4. The lowest BCUT2D eigenvalue weighted by atomic mass is 10.3. The molecule has 0 fully saturated rings. The van der Waals surface area contributed by atoms with Crippen LogP contribution >= 0.6 is 11.6 Å². The van der Waals surface area contributed by atoms with Gasteiger partial charge in [0.15, 0.2) is 0 Å². The summed E-state index contributed by atoms with van der Waals surface area (Å²) >= 11 is 5.81. The Morgan fingerprint density at radius 2 is 2.21 bits per heavy atom. The highest BCUT2D eigenvalue weighted by atomic mass is 35.5. The molecule has 98 valence electrons. The predicted octanol–water partition coefficient (Wildman–Crippen LogP) is 0.759. The van der Waals surface area contributed by atoms with Gasteiger partial charge in [0.2, 0.25) is 0 Å². The fourth-order valence-electron chi connectivity index (χ4n) is 1.43. The number of nitrogens with one attached hydrogen (secondary N) is 1. The molecule has 2 aromatic rings. The van der Waals surface area contributed by atoms with E-state index >= 15 is 0 Å². The molecule has 0 aliphatic carbocycles. The standard InChI is InChI=1S/C12H11ClN4O2/c1-17-11(18)3-2-10(16-17)12(19)15-7-9-6-8(13)4-5-14-9/h2-6H,7H2,1H3,(H,15,19). The molecule has 2 rings (SSSR count). The number of aryl methyl sites for hydroxylation is 1. The molecular weight excluding hydrogens is 268 g/mol. The summed E-state index contributed by atoms with van der Waals surface area (Å²) in [6.45, 7) is 0.240. The lowest BCUT2D eigenvalue weighted by Crippen LogP contribution is -2.28. The Labute approximate surface area is 114 Å². The number of carbonyl (C=O) groups excluding carboxylic acids is 1. The fraction of sp³-hybridized carbons (Fsp3) is 0.167. The topological polar surface area (TPSA) is 76.9 Å². The highest BCUT2D eigenvalue weighted by Crippen LogP contribution is 2.07. The molecule has 19 heavy (non-hydrogen) atoms. The van der Waals surface area contributed by atoms with Crippen molar-refractivity contribution in [2.24, 2.45) is 7.05 Å². The van der Waals surface area contributed by atoms with Crippen LogP contribution in [0.2, 0.25) is 5.02 Å². The third-order valence-corrected chi connectivity index (χ3v) is 2.64. The summed E-state index contributed by atoms with van der Waals surface area (Å²) in [5.41, 5.74) is 0.544. The highest BCUT2D eigenvalue weighted by Gasteiger charge is 2.08. The molecule has 1 N–H and O–H groups in total. The molecule has 2 heterocycles. The van der Waals surface area contributed by atoms with Gasteiger partial charge in [0.25, 0.3) is 11.5 Å². The molecule has 0 aliphatic rings. The van der Waals surface area contributed by atoms with Crippen molar-refractivity contribution in [2.45, 2.75) is 6.54 Å². The number of carbonyl (C=O) groups is 1. The minimum atomic E-state index is -0.377. The highest BCUT2D eigenvalue weighted by molar-refractivity contribution is 6.30. The molecule has 0 aromatic carbocycles.